The third-order valence-corrected chi connectivity index (χ3v) is 10.5. The first kappa shape index (κ1) is 22.6. The maximum Gasteiger partial charge on any atom is 0.0577 e. The molecule has 2 N–H and O–H groups in total. The number of aliphatic hydroxyl groups excluding tert-OH is 2. The van der Waals surface area contributed by atoms with E-state index in [2.05, 4.69) is 52.8 Å². The van der Waals surface area contributed by atoms with Gasteiger partial charge in [-0.1, -0.05) is 58.4 Å². The van der Waals surface area contributed by atoms with Crippen LogP contribution in [-0.4, -0.2) is 22.9 Å². The Balaban J connectivity index is 1.52. The van der Waals surface area contributed by atoms with Crippen molar-refractivity contribution in [2.24, 2.45) is 52.3 Å². The third kappa shape index (κ3) is 3.64. The first-order valence-electron chi connectivity index (χ1n) is 12.9. The van der Waals surface area contributed by atoms with Crippen LogP contribution < -0.4 is 0 Å². The summed E-state index contributed by atoms with van der Waals surface area (Å²) in [6, 6.07) is 0. The molecule has 9 atom stereocenters. The van der Waals surface area contributed by atoms with Gasteiger partial charge >= 0.3 is 0 Å². The molecule has 3 saturated carbocycles. The molecule has 0 aliphatic heterocycles. The molecule has 2 heteroatoms. The number of hydrogen-bond donors (Lipinski definition) is 2. The van der Waals surface area contributed by atoms with E-state index in [9.17, 15) is 10.2 Å². The zero-order valence-corrected chi connectivity index (χ0v) is 20.1. The highest BCUT2D eigenvalue weighted by Crippen LogP contribution is 2.67. The number of fused-ring (bicyclic) bond motifs is 5. The molecule has 0 aromatic rings. The van der Waals surface area contributed by atoms with Gasteiger partial charge in [0.25, 0.3) is 0 Å². The van der Waals surface area contributed by atoms with E-state index in [0.717, 1.165) is 36.5 Å². The second-order valence-corrected chi connectivity index (χ2v) is 12.2. The number of aliphatic hydroxyl groups is 2. The van der Waals surface area contributed by atoms with Gasteiger partial charge in [-0.25, -0.2) is 0 Å². The van der Waals surface area contributed by atoms with Crippen molar-refractivity contribution in [1.82, 2.24) is 0 Å². The lowest BCUT2D eigenvalue weighted by Crippen LogP contribution is -2.50. The summed E-state index contributed by atoms with van der Waals surface area (Å²) < 4.78 is 0. The highest BCUT2D eigenvalue weighted by atomic mass is 16.3. The lowest BCUT2D eigenvalue weighted by atomic mass is 9.47. The predicted octanol–water partition coefficient (Wildman–Crippen LogP) is 6.38. The molecule has 0 heterocycles. The van der Waals surface area contributed by atoms with Gasteiger partial charge in [-0.15, -0.1) is 0 Å². The molecule has 0 unspecified atom stereocenters. The zero-order valence-electron chi connectivity index (χ0n) is 20.1. The van der Waals surface area contributed by atoms with Crippen LogP contribution in [0.3, 0.4) is 0 Å². The summed E-state index contributed by atoms with van der Waals surface area (Å²) >= 11 is 0. The smallest absolute Gasteiger partial charge is 0.0577 e. The fourth-order valence-corrected chi connectivity index (χ4v) is 8.49. The molecule has 170 valence electrons. The second-order valence-electron chi connectivity index (χ2n) is 12.2. The van der Waals surface area contributed by atoms with E-state index in [1.807, 2.05) is 0 Å². The maximum absolute atomic E-state index is 10.2. The molecule has 2 nitrogen and oxygen atoms in total. The Morgan fingerprint density at radius 2 is 1.80 bits per heavy atom. The van der Waals surface area contributed by atoms with E-state index in [-0.39, 0.29) is 18.6 Å². The quantitative estimate of drug-likeness (QED) is 0.512. The molecule has 0 saturated heterocycles. The summed E-state index contributed by atoms with van der Waals surface area (Å²) in [5.41, 5.74) is 2.40. The van der Waals surface area contributed by atoms with Gasteiger partial charge in [0.2, 0.25) is 0 Å². The van der Waals surface area contributed by atoms with Crippen LogP contribution in [0.1, 0.15) is 86.0 Å². The first-order valence-corrected chi connectivity index (χ1v) is 12.9. The lowest BCUT2D eigenvalue weighted by molar-refractivity contribution is -0.0540. The van der Waals surface area contributed by atoms with Crippen LogP contribution in [0, 0.1) is 52.3 Å². The Hall–Kier alpha value is -0.600. The first-order chi connectivity index (χ1) is 14.2. The molecule has 4 rings (SSSR count). The molecule has 3 fully saturated rings. The Morgan fingerprint density at radius 3 is 2.50 bits per heavy atom. The predicted molar refractivity (Wildman–Crippen MR) is 125 cm³/mol. The fourth-order valence-electron chi connectivity index (χ4n) is 8.49. The molecule has 30 heavy (non-hydrogen) atoms. The molecule has 4 aliphatic rings. The molecular formula is C28H46O2. The van der Waals surface area contributed by atoms with E-state index in [4.69, 9.17) is 0 Å². The van der Waals surface area contributed by atoms with Crippen molar-refractivity contribution in [3.05, 3.63) is 23.8 Å². The Kier molecular flexibility index (Phi) is 6.32. The zero-order chi connectivity index (χ0) is 21.7. The fraction of sp³-hybridized carbons (Fsp3) is 0.857. The average molecular weight is 415 g/mol. The van der Waals surface area contributed by atoms with Gasteiger partial charge in [-0.05, 0) is 97.7 Å². The number of allylic oxidation sites excluding steroid dienone is 2. The Morgan fingerprint density at radius 1 is 1.03 bits per heavy atom. The van der Waals surface area contributed by atoms with Crippen molar-refractivity contribution < 1.29 is 10.2 Å². The van der Waals surface area contributed by atoms with E-state index in [1.54, 1.807) is 5.57 Å². The van der Waals surface area contributed by atoms with Crippen LogP contribution in [0.2, 0.25) is 0 Å². The number of rotatable bonds is 5. The van der Waals surface area contributed by atoms with Crippen molar-refractivity contribution in [3.8, 4) is 0 Å². The molecule has 4 aliphatic carbocycles. The van der Waals surface area contributed by atoms with E-state index >= 15 is 0 Å². The van der Waals surface area contributed by atoms with Crippen LogP contribution in [0.25, 0.3) is 0 Å². The van der Waals surface area contributed by atoms with Gasteiger partial charge in [0.1, 0.15) is 0 Å². The van der Waals surface area contributed by atoms with Crippen LogP contribution in [0.4, 0.5) is 0 Å². The average Bonchev–Trinajstić information content (AvgIpc) is 3.06. The van der Waals surface area contributed by atoms with Gasteiger partial charge in [0, 0.05) is 12.5 Å². The summed E-state index contributed by atoms with van der Waals surface area (Å²) in [6.07, 6.45) is 17.1. The summed E-state index contributed by atoms with van der Waals surface area (Å²) in [5, 5.41) is 19.9. The Bertz CT molecular complexity index is 678. The normalized spacial score (nSPS) is 45.6. The topological polar surface area (TPSA) is 40.5 Å². The van der Waals surface area contributed by atoms with Crippen LogP contribution in [0.5, 0.6) is 0 Å². The molecule has 0 aromatic carbocycles. The van der Waals surface area contributed by atoms with Gasteiger partial charge in [0.05, 0.1) is 6.10 Å². The highest BCUT2D eigenvalue weighted by Gasteiger charge is 2.58. The lowest BCUT2D eigenvalue weighted by Gasteiger charge is -2.58. The molecule has 0 spiro atoms. The standard InChI is InChI=1S/C28H46O2/c1-18(2)20(17-29)7-6-19(3)24-10-11-25-23-9-8-21-16-22(30)12-14-27(21,4)26(23)13-15-28(24,25)5/h6-8,18-20,22-26,29-30H,9-17H2,1-5H3/b7-6+/t19-,20-,22+,23+,24-,25+,26+,27+,28-/m1/s1. The second kappa shape index (κ2) is 8.39. The molecule has 0 amide bonds. The Labute approximate surface area is 185 Å². The third-order valence-electron chi connectivity index (χ3n) is 10.5. The van der Waals surface area contributed by atoms with Gasteiger partial charge in [-0.3, -0.25) is 0 Å². The SMILES string of the molecule is CC(C)[C@H](/C=C/[C@@H](C)[C@H]1CC[C@H]2[C@@H]3CC=C4C[C@@H](O)CC[C@]4(C)[C@H]3CC[C@]12C)CO. The molecule has 0 bridgehead atoms. The summed E-state index contributed by atoms with van der Waals surface area (Å²) in [6.45, 7) is 12.3. The van der Waals surface area contributed by atoms with Gasteiger partial charge in [0.15, 0.2) is 0 Å². The summed E-state index contributed by atoms with van der Waals surface area (Å²) in [7, 11) is 0. The van der Waals surface area contributed by atoms with Crippen molar-refractivity contribution in [2.45, 2.75) is 92.1 Å². The van der Waals surface area contributed by atoms with Gasteiger partial charge in [-0.2, -0.15) is 0 Å². The van der Waals surface area contributed by atoms with E-state index < -0.39 is 0 Å². The van der Waals surface area contributed by atoms with E-state index in [0.29, 0.717) is 22.7 Å². The monoisotopic (exact) mass is 414 g/mol. The minimum absolute atomic E-state index is 0.105. The minimum Gasteiger partial charge on any atom is -0.396 e. The van der Waals surface area contributed by atoms with Crippen molar-refractivity contribution >= 4 is 0 Å². The minimum atomic E-state index is -0.105. The van der Waals surface area contributed by atoms with Crippen molar-refractivity contribution in [2.75, 3.05) is 6.61 Å². The molecular weight excluding hydrogens is 368 g/mol. The highest BCUT2D eigenvalue weighted by molar-refractivity contribution is 5.25. The molecule has 0 aromatic heterocycles. The number of hydrogen-bond acceptors (Lipinski definition) is 2. The molecule has 0 radical (unpaired) electrons. The maximum atomic E-state index is 10.2. The van der Waals surface area contributed by atoms with Gasteiger partial charge < -0.3 is 10.2 Å². The largest absolute Gasteiger partial charge is 0.396 e. The van der Waals surface area contributed by atoms with Crippen LogP contribution in [-0.2, 0) is 0 Å². The van der Waals surface area contributed by atoms with E-state index in [1.165, 1.54) is 38.5 Å². The van der Waals surface area contributed by atoms with Crippen LogP contribution >= 0.6 is 0 Å². The van der Waals surface area contributed by atoms with Crippen molar-refractivity contribution in [1.29, 1.82) is 0 Å². The summed E-state index contributed by atoms with van der Waals surface area (Å²) in [5.74, 6) is 4.69. The summed E-state index contributed by atoms with van der Waals surface area (Å²) in [4.78, 5) is 0. The van der Waals surface area contributed by atoms with Crippen LogP contribution in [0.15, 0.2) is 23.8 Å². The van der Waals surface area contributed by atoms with Crippen molar-refractivity contribution in [3.63, 3.8) is 0 Å².